The van der Waals surface area contributed by atoms with Gasteiger partial charge in [0.15, 0.2) is 11.0 Å². The second-order valence-corrected chi connectivity index (χ2v) is 4.91. The van der Waals surface area contributed by atoms with Crippen molar-refractivity contribution in [3.63, 3.8) is 0 Å². The Hall–Kier alpha value is -0.870. The molecule has 2 saturated heterocycles. The van der Waals surface area contributed by atoms with E-state index < -0.39 is 5.82 Å². The van der Waals surface area contributed by atoms with Gasteiger partial charge in [-0.3, -0.25) is 0 Å². The first-order chi connectivity index (χ1) is 7.74. The molecular weight excluding hydrogens is 229 g/mol. The molecule has 5 heteroatoms. The molecule has 0 aromatic carbocycles. The molecule has 3 rings (SSSR count). The molecule has 0 spiro atoms. The molecule has 1 N–H and O–H groups in total. The summed E-state index contributed by atoms with van der Waals surface area (Å²) in [5, 5.41) is 3.33. The van der Waals surface area contributed by atoms with Gasteiger partial charge in [0, 0.05) is 32.2 Å². The van der Waals surface area contributed by atoms with E-state index in [4.69, 9.17) is 11.6 Å². The molecule has 0 bridgehead atoms. The lowest BCUT2D eigenvalue weighted by Gasteiger charge is -2.19. The third kappa shape index (κ3) is 1.66. The maximum absolute atomic E-state index is 13.3. The molecule has 1 aromatic heterocycles. The minimum absolute atomic E-state index is 0.0511. The average molecular weight is 242 g/mol. The van der Waals surface area contributed by atoms with Crippen LogP contribution in [0, 0.1) is 17.7 Å². The largest absolute Gasteiger partial charge is 0.370 e. The highest BCUT2D eigenvalue weighted by molar-refractivity contribution is 6.29. The second-order valence-electron chi connectivity index (χ2n) is 4.55. The van der Waals surface area contributed by atoms with Crippen molar-refractivity contribution in [2.24, 2.45) is 11.8 Å². The van der Waals surface area contributed by atoms with E-state index in [1.165, 1.54) is 6.07 Å². The monoisotopic (exact) mass is 241 g/mol. The number of fused-ring (bicyclic) bond motifs is 1. The molecule has 0 amide bonds. The summed E-state index contributed by atoms with van der Waals surface area (Å²) >= 11 is 5.57. The first-order valence-electron chi connectivity index (χ1n) is 5.51. The standard InChI is InChI=1S/C11H13ClFN3/c12-11-10(13)1-9(4-15-11)16-5-7-2-14-3-8(7)6-16/h1,4,7-8,14H,2-3,5-6H2/t7-,8+. The number of aromatic nitrogens is 1. The van der Waals surface area contributed by atoms with E-state index in [2.05, 4.69) is 15.2 Å². The van der Waals surface area contributed by atoms with Gasteiger partial charge in [-0.25, -0.2) is 9.37 Å². The highest BCUT2D eigenvalue weighted by atomic mass is 35.5. The van der Waals surface area contributed by atoms with Gasteiger partial charge >= 0.3 is 0 Å². The van der Waals surface area contributed by atoms with Crippen LogP contribution in [0.4, 0.5) is 10.1 Å². The molecule has 0 radical (unpaired) electrons. The van der Waals surface area contributed by atoms with E-state index in [1.54, 1.807) is 6.20 Å². The lowest BCUT2D eigenvalue weighted by molar-refractivity contribution is 0.533. The van der Waals surface area contributed by atoms with Gasteiger partial charge in [0.2, 0.25) is 0 Å². The highest BCUT2D eigenvalue weighted by Crippen LogP contribution is 2.30. The molecular formula is C11H13ClFN3. The van der Waals surface area contributed by atoms with Crippen molar-refractivity contribution < 1.29 is 4.39 Å². The van der Waals surface area contributed by atoms with Crippen molar-refractivity contribution >= 4 is 17.3 Å². The van der Waals surface area contributed by atoms with Gasteiger partial charge in [-0.2, -0.15) is 0 Å². The lowest BCUT2D eigenvalue weighted by atomic mass is 10.0. The van der Waals surface area contributed by atoms with Crippen LogP contribution in [0.15, 0.2) is 12.3 Å². The molecule has 3 heterocycles. The van der Waals surface area contributed by atoms with Crippen LogP contribution >= 0.6 is 11.6 Å². The van der Waals surface area contributed by atoms with Crippen LogP contribution in [-0.2, 0) is 0 Å². The fourth-order valence-corrected chi connectivity index (χ4v) is 2.75. The predicted octanol–water partition coefficient (Wildman–Crippen LogP) is 1.53. The molecule has 2 aliphatic rings. The minimum atomic E-state index is -0.436. The Morgan fingerprint density at radius 3 is 2.69 bits per heavy atom. The second kappa shape index (κ2) is 3.86. The van der Waals surface area contributed by atoms with Crippen molar-refractivity contribution in [3.05, 3.63) is 23.2 Å². The molecule has 3 nitrogen and oxygen atoms in total. The molecule has 0 aliphatic carbocycles. The zero-order chi connectivity index (χ0) is 11.1. The molecule has 0 unspecified atom stereocenters. The number of pyridine rings is 1. The van der Waals surface area contributed by atoms with Crippen LogP contribution in [-0.4, -0.2) is 31.2 Å². The third-order valence-electron chi connectivity index (χ3n) is 3.54. The Morgan fingerprint density at radius 1 is 1.38 bits per heavy atom. The quantitative estimate of drug-likeness (QED) is 0.756. The van der Waals surface area contributed by atoms with E-state index in [-0.39, 0.29) is 5.15 Å². The van der Waals surface area contributed by atoms with Gasteiger partial charge < -0.3 is 10.2 Å². The molecule has 0 saturated carbocycles. The molecule has 2 fully saturated rings. The number of rotatable bonds is 1. The Labute approximate surface area is 98.6 Å². The summed E-state index contributed by atoms with van der Waals surface area (Å²) in [6, 6.07) is 1.48. The van der Waals surface area contributed by atoms with Gasteiger partial charge in [-0.15, -0.1) is 0 Å². The van der Waals surface area contributed by atoms with Crippen molar-refractivity contribution in [2.45, 2.75) is 0 Å². The summed E-state index contributed by atoms with van der Waals surface area (Å²) < 4.78 is 13.3. The Balaban J connectivity index is 1.81. The van der Waals surface area contributed by atoms with Gasteiger partial charge in [0.05, 0.1) is 11.9 Å². The third-order valence-corrected chi connectivity index (χ3v) is 3.81. The van der Waals surface area contributed by atoms with E-state index in [0.29, 0.717) is 11.8 Å². The smallest absolute Gasteiger partial charge is 0.164 e. The zero-order valence-corrected chi connectivity index (χ0v) is 9.54. The number of nitrogens with zero attached hydrogens (tertiary/aromatic N) is 2. The Kier molecular flexibility index (Phi) is 2.48. The fraction of sp³-hybridized carbons (Fsp3) is 0.545. The van der Waals surface area contributed by atoms with Crippen molar-refractivity contribution in [3.8, 4) is 0 Å². The summed E-state index contributed by atoms with van der Waals surface area (Å²) in [4.78, 5) is 6.05. The first kappa shape index (κ1) is 10.3. The predicted molar refractivity (Wildman–Crippen MR) is 61.3 cm³/mol. The normalized spacial score (nSPS) is 28.5. The number of anilines is 1. The van der Waals surface area contributed by atoms with Gasteiger partial charge in [0.25, 0.3) is 0 Å². The van der Waals surface area contributed by atoms with Gasteiger partial charge in [-0.05, 0) is 11.8 Å². The summed E-state index contributed by atoms with van der Waals surface area (Å²) in [5.41, 5.74) is 0.844. The van der Waals surface area contributed by atoms with E-state index >= 15 is 0 Å². The van der Waals surface area contributed by atoms with Crippen molar-refractivity contribution in [2.75, 3.05) is 31.1 Å². The van der Waals surface area contributed by atoms with Crippen molar-refractivity contribution in [1.29, 1.82) is 0 Å². The highest BCUT2D eigenvalue weighted by Gasteiger charge is 2.36. The molecule has 16 heavy (non-hydrogen) atoms. The fourth-order valence-electron chi connectivity index (χ4n) is 2.65. The molecule has 2 aliphatic heterocycles. The number of halogens is 2. The van der Waals surface area contributed by atoms with E-state index in [9.17, 15) is 4.39 Å². The zero-order valence-electron chi connectivity index (χ0n) is 8.79. The van der Waals surface area contributed by atoms with Crippen LogP contribution in [0.25, 0.3) is 0 Å². The van der Waals surface area contributed by atoms with Crippen LogP contribution < -0.4 is 10.2 Å². The first-order valence-corrected chi connectivity index (χ1v) is 5.88. The Morgan fingerprint density at radius 2 is 2.06 bits per heavy atom. The van der Waals surface area contributed by atoms with Crippen LogP contribution in [0.5, 0.6) is 0 Å². The van der Waals surface area contributed by atoms with Gasteiger partial charge in [0.1, 0.15) is 0 Å². The number of hydrogen-bond acceptors (Lipinski definition) is 3. The molecule has 2 atom stereocenters. The minimum Gasteiger partial charge on any atom is -0.370 e. The lowest BCUT2D eigenvalue weighted by Crippen LogP contribution is -2.25. The number of nitrogens with one attached hydrogen (secondary N) is 1. The average Bonchev–Trinajstić information content (AvgIpc) is 2.81. The SMILES string of the molecule is Fc1cc(N2C[C@H]3CNC[C@H]3C2)cnc1Cl. The maximum Gasteiger partial charge on any atom is 0.164 e. The summed E-state index contributed by atoms with van der Waals surface area (Å²) in [7, 11) is 0. The molecule has 86 valence electrons. The van der Waals surface area contributed by atoms with E-state index in [0.717, 1.165) is 31.9 Å². The van der Waals surface area contributed by atoms with Crippen LogP contribution in [0.2, 0.25) is 5.15 Å². The summed E-state index contributed by atoms with van der Waals surface area (Å²) in [6.07, 6.45) is 1.65. The Bertz CT molecular complexity index is 400. The molecule has 1 aromatic rings. The van der Waals surface area contributed by atoms with E-state index in [1.807, 2.05) is 0 Å². The van der Waals surface area contributed by atoms with Crippen LogP contribution in [0.1, 0.15) is 0 Å². The maximum atomic E-state index is 13.3. The topological polar surface area (TPSA) is 28.2 Å². The van der Waals surface area contributed by atoms with Crippen LogP contribution in [0.3, 0.4) is 0 Å². The van der Waals surface area contributed by atoms with Crippen molar-refractivity contribution in [1.82, 2.24) is 10.3 Å². The number of hydrogen-bond donors (Lipinski definition) is 1. The summed E-state index contributed by atoms with van der Waals surface area (Å²) in [6.45, 7) is 4.12. The summed E-state index contributed by atoms with van der Waals surface area (Å²) in [5.74, 6) is 0.951. The van der Waals surface area contributed by atoms with Gasteiger partial charge in [-0.1, -0.05) is 11.6 Å².